The highest BCUT2D eigenvalue weighted by Crippen LogP contribution is 2.39. The van der Waals surface area contributed by atoms with Gasteiger partial charge in [0.2, 0.25) is 0 Å². The summed E-state index contributed by atoms with van der Waals surface area (Å²) >= 11 is 0. The van der Waals surface area contributed by atoms with Gasteiger partial charge in [0.15, 0.2) is 5.60 Å². The Hall–Kier alpha value is -1.35. The van der Waals surface area contributed by atoms with Crippen LogP contribution >= 0.6 is 0 Å². The van der Waals surface area contributed by atoms with Crippen LogP contribution in [0.15, 0.2) is 24.3 Å². The quantitative estimate of drug-likeness (QED) is 0.891. The lowest BCUT2D eigenvalue weighted by Crippen LogP contribution is -2.42. The van der Waals surface area contributed by atoms with Crippen molar-refractivity contribution in [2.24, 2.45) is 5.92 Å². The Morgan fingerprint density at radius 1 is 1.44 bits per heavy atom. The van der Waals surface area contributed by atoms with Gasteiger partial charge in [-0.15, -0.1) is 0 Å². The van der Waals surface area contributed by atoms with Crippen molar-refractivity contribution in [2.45, 2.75) is 38.7 Å². The second-order valence-electron chi connectivity index (χ2n) is 5.35. The number of aryl methyl sites for hydroxylation is 1. The topological polar surface area (TPSA) is 46.5 Å². The minimum absolute atomic E-state index is 0.329. The van der Waals surface area contributed by atoms with Crippen LogP contribution in [0.4, 0.5) is 0 Å². The Morgan fingerprint density at radius 2 is 2.17 bits per heavy atom. The summed E-state index contributed by atoms with van der Waals surface area (Å²) in [5.41, 5.74) is 0.804. The summed E-state index contributed by atoms with van der Waals surface area (Å²) in [6.07, 6.45) is 2.36. The van der Waals surface area contributed by atoms with E-state index in [1.807, 2.05) is 38.1 Å². The van der Waals surface area contributed by atoms with Crippen LogP contribution in [-0.4, -0.2) is 17.7 Å². The van der Waals surface area contributed by atoms with Crippen molar-refractivity contribution in [2.75, 3.05) is 6.61 Å². The molecule has 0 aromatic heterocycles. The fraction of sp³-hybridized carbons (Fsp3) is 0.533. The number of ether oxygens (including phenoxy) is 1. The number of carboxylic acids is 1. The molecule has 1 N–H and O–H groups in total. The van der Waals surface area contributed by atoms with Gasteiger partial charge in [0.1, 0.15) is 0 Å². The number of hydrogen-bond donors (Lipinski definition) is 1. The highest BCUT2D eigenvalue weighted by Gasteiger charge is 2.44. The number of benzene rings is 1. The van der Waals surface area contributed by atoms with Gasteiger partial charge in [0.05, 0.1) is 6.61 Å². The van der Waals surface area contributed by atoms with E-state index in [2.05, 4.69) is 0 Å². The van der Waals surface area contributed by atoms with Crippen molar-refractivity contribution in [1.82, 2.24) is 0 Å². The van der Waals surface area contributed by atoms with Crippen molar-refractivity contribution in [1.29, 1.82) is 0 Å². The van der Waals surface area contributed by atoms with Crippen LogP contribution in [0.1, 0.15) is 37.8 Å². The average Bonchev–Trinajstić information content (AvgIpc) is 2.36. The predicted octanol–water partition coefficient (Wildman–Crippen LogP) is 2.98. The van der Waals surface area contributed by atoms with Crippen LogP contribution in [0, 0.1) is 5.92 Å². The maximum Gasteiger partial charge on any atom is 0.340 e. The summed E-state index contributed by atoms with van der Waals surface area (Å²) in [5.74, 6) is -0.536. The smallest absolute Gasteiger partial charge is 0.340 e. The molecule has 0 saturated heterocycles. The maximum absolute atomic E-state index is 11.7. The van der Waals surface area contributed by atoms with Crippen LogP contribution < -0.4 is 0 Å². The summed E-state index contributed by atoms with van der Waals surface area (Å²) in [7, 11) is 0. The maximum atomic E-state index is 11.7. The number of rotatable bonds is 4. The van der Waals surface area contributed by atoms with E-state index in [9.17, 15) is 9.90 Å². The molecule has 0 aliphatic heterocycles. The van der Waals surface area contributed by atoms with E-state index < -0.39 is 11.6 Å². The monoisotopic (exact) mass is 248 g/mol. The normalized spacial score (nSPS) is 22.8. The van der Waals surface area contributed by atoms with Crippen molar-refractivity contribution in [3.05, 3.63) is 35.4 Å². The van der Waals surface area contributed by atoms with E-state index in [4.69, 9.17) is 4.74 Å². The third kappa shape index (κ3) is 2.27. The standard InChI is InChI=1S/C15H20O3/c1-11(2)10-18-15(14(16)17)9-5-7-12-6-3-4-8-13(12)15/h3-4,6,8,11H,5,7,9-10H2,1-2H3,(H,16,17). The molecule has 0 spiro atoms. The number of hydrogen-bond acceptors (Lipinski definition) is 2. The largest absolute Gasteiger partial charge is 0.479 e. The first kappa shape index (κ1) is 13.1. The predicted molar refractivity (Wildman–Crippen MR) is 69.5 cm³/mol. The van der Waals surface area contributed by atoms with Gasteiger partial charge in [-0.05, 0) is 36.3 Å². The highest BCUT2D eigenvalue weighted by atomic mass is 16.5. The second kappa shape index (κ2) is 5.11. The molecule has 18 heavy (non-hydrogen) atoms. The fourth-order valence-corrected chi connectivity index (χ4v) is 2.54. The third-order valence-electron chi connectivity index (χ3n) is 3.44. The van der Waals surface area contributed by atoms with Gasteiger partial charge < -0.3 is 9.84 Å². The van der Waals surface area contributed by atoms with Crippen molar-refractivity contribution in [3.8, 4) is 0 Å². The lowest BCUT2D eigenvalue weighted by atomic mass is 9.79. The first-order valence-corrected chi connectivity index (χ1v) is 6.52. The second-order valence-corrected chi connectivity index (χ2v) is 5.35. The summed E-state index contributed by atoms with van der Waals surface area (Å²) in [4.78, 5) is 11.7. The molecule has 1 aliphatic rings. The highest BCUT2D eigenvalue weighted by molar-refractivity contribution is 5.80. The minimum atomic E-state index is -1.14. The third-order valence-corrected chi connectivity index (χ3v) is 3.44. The molecule has 0 radical (unpaired) electrons. The summed E-state index contributed by atoms with van der Waals surface area (Å²) in [6, 6.07) is 7.74. The van der Waals surface area contributed by atoms with Crippen molar-refractivity contribution < 1.29 is 14.6 Å². The Bertz CT molecular complexity index is 439. The van der Waals surface area contributed by atoms with Gasteiger partial charge in [0, 0.05) is 0 Å². The van der Waals surface area contributed by atoms with E-state index >= 15 is 0 Å². The van der Waals surface area contributed by atoms with E-state index in [-0.39, 0.29) is 0 Å². The molecule has 2 rings (SSSR count). The number of carboxylic acid groups (broad SMARTS) is 1. The van der Waals surface area contributed by atoms with Crippen LogP contribution in [0.5, 0.6) is 0 Å². The zero-order valence-corrected chi connectivity index (χ0v) is 11.0. The van der Waals surface area contributed by atoms with Gasteiger partial charge in [0.25, 0.3) is 0 Å². The molecule has 0 saturated carbocycles. The summed E-state index contributed by atoms with van der Waals surface area (Å²) in [5, 5.41) is 9.62. The lowest BCUT2D eigenvalue weighted by molar-refractivity contribution is -0.172. The van der Waals surface area contributed by atoms with Crippen LogP contribution in [0.3, 0.4) is 0 Å². The molecular formula is C15H20O3. The van der Waals surface area contributed by atoms with E-state index in [1.54, 1.807) is 0 Å². The van der Waals surface area contributed by atoms with Gasteiger partial charge in [-0.1, -0.05) is 38.1 Å². The molecule has 1 aromatic carbocycles. The Labute approximate surface area is 108 Å². The SMILES string of the molecule is CC(C)COC1(C(=O)O)CCCc2ccccc21. The molecule has 0 bridgehead atoms. The molecule has 3 nitrogen and oxygen atoms in total. The average molecular weight is 248 g/mol. The molecule has 0 heterocycles. The molecular weight excluding hydrogens is 228 g/mol. The zero-order chi connectivity index (χ0) is 13.2. The van der Waals surface area contributed by atoms with Crippen LogP contribution in [0.2, 0.25) is 0 Å². The fourth-order valence-electron chi connectivity index (χ4n) is 2.54. The molecule has 1 aliphatic carbocycles. The molecule has 0 amide bonds. The first-order chi connectivity index (χ1) is 8.56. The summed E-state index contributed by atoms with van der Waals surface area (Å²) in [6.45, 7) is 4.54. The zero-order valence-electron chi connectivity index (χ0n) is 11.0. The van der Waals surface area contributed by atoms with Gasteiger partial charge >= 0.3 is 5.97 Å². The van der Waals surface area contributed by atoms with Gasteiger partial charge in [-0.2, -0.15) is 0 Å². The molecule has 1 unspecified atom stereocenters. The number of carbonyl (C=O) groups is 1. The Balaban J connectivity index is 2.39. The van der Waals surface area contributed by atoms with Gasteiger partial charge in [-0.3, -0.25) is 0 Å². The molecule has 1 atom stereocenters. The van der Waals surface area contributed by atoms with Crippen LogP contribution in [-0.2, 0) is 21.6 Å². The lowest BCUT2D eigenvalue weighted by Gasteiger charge is -2.35. The molecule has 98 valence electrons. The Morgan fingerprint density at radius 3 is 2.83 bits per heavy atom. The molecule has 1 aromatic rings. The number of aliphatic carboxylic acids is 1. The van der Waals surface area contributed by atoms with Crippen LogP contribution in [0.25, 0.3) is 0 Å². The van der Waals surface area contributed by atoms with Crippen molar-refractivity contribution in [3.63, 3.8) is 0 Å². The van der Waals surface area contributed by atoms with Gasteiger partial charge in [-0.25, -0.2) is 4.79 Å². The Kier molecular flexibility index (Phi) is 3.71. The van der Waals surface area contributed by atoms with E-state index in [0.29, 0.717) is 18.9 Å². The number of fused-ring (bicyclic) bond motifs is 1. The summed E-state index contributed by atoms with van der Waals surface area (Å²) < 4.78 is 5.82. The molecule has 3 heteroatoms. The van der Waals surface area contributed by atoms with E-state index in [1.165, 1.54) is 0 Å². The van der Waals surface area contributed by atoms with E-state index in [0.717, 1.165) is 24.0 Å². The van der Waals surface area contributed by atoms with Crippen molar-refractivity contribution >= 4 is 5.97 Å². The minimum Gasteiger partial charge on any atom is -0.479 e. The first-order valence-electron chi connectivity index (χ1n) is 6.52. The molecule has 0 fully saturated rings.